The van der Waals surface area contributed by atoms with Crippen LogP contribution in [0.1, 0.15) is 40.2 Å². The van der Waals surface area contributed by atoms with Crippen molar-refractivity contribution in [2.24, 2.45) is 0 Å². The number of halogens is 1. The van der Waals surface area contributed by atoms with E-state index in [2.05, 4.69) is 21.1 Å². The van der Waals surface area contributed by atoms with Gasteiger partial charge < -0.3 is 9.42 Å². The van der Waals surface area contributed by atoms with Crippen molar-refractivity contribution < 1.29 is 9.32 Å². The van der Waals surface area contributed by atoms with Gasteiger partial charge in [-0.3, -0.25) is 4.79 Å². The molecule has 0 N–H and O–H groups in total. The van der Waals surface area contributed by atoms with Gasteiger partial charge in [-0.25, -0.2) is 0 Å². The summed E-state index contributed by atoms with van der Waals surface area (Å²) in [5.74, 6) is 0.816. The second-order valence-electron chi connectivity index (χ2n) is 5.39. The highest BCUT2D eigenvalue weighted by Crippen LogP contribution is 2.25. The molecule has 1 heterocycles. The quantitative estimate of drug-likeness (QED) is 0.851. The number of carbonyl (C=O) groups excluding carboxylic acids is 1. The first-order chi connectivity index (χ1) is 10.2. The maximum Gasteiger partial charge on any atom is 0.276 e. The van der Waals surface area contributed by atoms with Crippen LogP contribution < -0.4 is 0 Å². The smallest absolute Gasteiger partial charge is 0.276 e. The van der Waals surface area contributed by atoms with E-state index < -0.39 is 0 Å². The highest BCUT2D eigenvalue weighted by atomic mass is 79.9. The van der Waals surface area contributed by atoms with Gasteiger partial charge in [-0.05, 0) is 30.9 Å². The minimum absolute atomic E-state index is 0.0716. The molecular weight excluding hydrogens is 332 g/mol. The summed E-state index contributed by atoms with van der Waals surface area (Å²) in [4.78, 5) is 14.3. The van der Waals surface area contributed by atoms with Crippen LogP contribution in [0.3, 0.4) is 0 Å². The summed E-state index contributed by atoms with van der Waals surface area (Å²) in [5, 5.41) is 4.00. The first-order valence-electron chi connectivity index (χ1n) is 7.13. The fourth-order valence-electron chi connectivity index (χ4n) is 2.69. The third-order valence-electron chi connectivity index (χ3n) is 3.86. The summed E-state index contributed by atoms with van der Waals surface area (Å²) in [6, 6.07) is 7.91. The van der Waals surface area contributed by atoms with Crippen molar-refractivity contribution in [2.45, 2.75) is 32.2 Å². The highest BCUT2D eigenvalue weighted by Gasteiger charge is 2.26. The standard InChI is InChI=1S/C16H17BrN2O2/c1-19(10-11-6-2-4-8-13(11)17)16(20)15-12-7-3-5-9-14(12)21-18-15/h2,4,6,8H,3,5,7,9-10H2,1H3. The number of hydrogen-bond donors (Lipinski definition) is 0. The van der Waals surface area contributed by atoms with E-state index in [9.17, 15) is 4.79 Å². The van der Waals surface area contributed by atoms with Crippen LogP contribution in [0, 0.1) is 0 Å². The summed E-state index contributed by atoms with van der Waals surface area (Å²) in [6.45, 7) is 0.544. The first-order valence-corrected chi connectivity index (χ1v) is 7.92. The van der Waals surface area contributed by atoms with E-state index in [1.165, 1.54) is 0 Å². The Hall–Kier alpha value is -1.62. The Labute approximate surface area is 132 Å². The second-order valence-corrected chi connectivity index (χ2v) is 6.25. The number of rotatable bonds is 3. The molecule has 1 aromatic heterocycles. The van der Waals surface area contributed by atoms with Gasteiger partial charge >= 0.3 is 0 Å². The van der Waals surface area contributed by atoms with Gasteiger partial charge in [0.25, 0.3) is 5.91 Å². The lowest BCUT2D eigenvalue weighted by Crippen LogP contribution is -2.27. The maximum atomic E-state index is 12.6. The number of carbonyl (C=O) groups is 1. The van der Waals surface area contributed by atoms with Crippen molar-refractivity contribution in [3.63, 3.8) is 0 Å². The fourth-order valence-corrected chi connectivity index (χ4v) is 3.10. The molecule has 1 aromatic carbocycles. The van der Waals surface area contributed by atoms with Crippen LogP contribution in [0.25, 0.3) is 0 Å². The molecule has 0 spiro atoms. The van der Waals surface area contributed by atoms with Gasteiger partial charge in [-0.15, -0.1) is 0 Å². The summed E-state index contributed by atoms with van der Waals surface area (Å²) >= 11 is 3.51. The molecule has 1 aliphatic rings. The minimum Gasteiger partial charge on any atom is -0.360 e. The van der Waals surface area contributed by atoms with Crippen LogP contribution in [-0.4, -0.2) is 23.0 Å². The normalized spacial score (nSPS) is 13.8. The summed E-state index contributed by atoms with van der Waals surface area (Å²) in [6.07, 6.45) is 4.00. The highest BCUT2D eigenvalue weighted by molar-refractivity contribution is 9.10. The van der Waals surface area contributed by atoms with Crippen molar-refractivity contribution in [3.8, 4) is 0 Å². The number of amides is 1. The molecule has 0 saturated heterocycles. The average molecular weight is 349 g/mol. The van der Waals surface area contributed by atoms with E-state index in [0.29, 0.717) is 12.2 Å². The molecule has 0 bridgehead atoms. The topological polar surface area (TPSA) is 46.3 Å². The lowest BCUT2D eigenvalue weighted by Gasteiger charge is -2.18. The number of fused-ring (bicyclic) bond motifs is 1. The minimum atomic E-state index is -0.0716. The van der Waals surface area contributed by atoms with Crippen molar-refractivity contribution >= 4 is 21.8 Å². The van der Waals surface area contributed by atoms with Gasteiger partial charge in [0.2, 0.25) is 0 Å². The monoisotopic (exact) mass is 348 g/mol. The lowest BCUT2D eigenvalue weighted by atomic mass is 9.96. The van der Waals surface area contributed by atoms with Crippen molar-refractivity contribution in [3.05, 3.63) is 51.3 Å². The first kappa shape index (κ1) is 14.3. The van der Waals surface area contributed by atoms with Crippen LogP contribution in [0.2, 0.25) is 0 Å². The zero-order valence-electron chi connectivity index (χ0n) is 11.9. The molecule has 5 heteroatoms. The van der Waals surface area contributed by atoms with E-state index >= 15 is 0 Å². The van der Waals surface area contributed by atoms with Crippen LogP contribution in [0.5, 0.6) is 0 Å². The summed E-state index contributed by atoms with van der Waals surface area (Å²) in [5.41, 5.74) is 2.56. The lowest BCUT2D eigenvalue weighted by molar-refractivity contribution is 0.0773. The van der Waals surface area contributed by atoms with E-state index in [1.54, 1.807) is 11.9 Å². The SMILES string of the molecule is CN(Cc1ccccc1Br)C(=O)c1noc2c1CCCC2. The van der Waals surface area contributed by atoms with Crippen molar-refractivity contribution in [1.29, 1.82) is 0 Å². The molecule has 0 saturated carbocycles. The number of aryl methyl sites for hydroxylation is 1. The average Bonchev–Trinajstić information content (AvgIpc) is 2.92. The zero-order chi connectivity index (χ0) is 14.8. The molecule has 0 aliphatic heterocycles. The third-order valence-corrected chi connectivity index (χ3v) is 4.64. The Morgan fingerprint density at radius 2 is 2.10 bits per heavy atom. The van der Waals surface area contributed by atoms with Crippen molar-refractivity contribution in [1.82, 2.24) is 10.1 Å². The van der Waals surface area contributed by atoms with Gasteiger partial charge in [0.05, 0.1) is 0 Å². The van der Waals surface area contributed by atoms with Gasteiger partial charge in [-0.1, -0.05) is 39.3 Å². The van der Waals surface area contributed by atoms with Gasteiger partial charge in [0.15, 0.2) is 5.69 Å². The fraction of sp³-hybridized carbons (Fsp3) is 0.375. The van der Waals surface area contributed by atoms with Crippen molar-refractivity contribution in [2.75, 3.05) is 7.05 Å². The van der Waals surface area contributed by atoms with Gasteiger partial charge in [0, 0.05) is 30.0 Å². The Balaban J connectivity index is 1.79. The van der Waals surface area contributed by atoms with E-state index in [4.69, 9.17) is 4.52 Å². The molecule has 4 nitrogen and oxygen atoms in total. The molecule has 1 aliphatic carbocycles. The predicted molar refractivity (Wildman–Crippen MR) is 83.1 cm³/mol. The summed E-state index contributed by atoms with van der Waals surface area (Å²) < 4.78 is 6.33. The number of hydrogen-bond acceptors (Lipinski definition) is 3. The predicted octanol–water partition coefficient (Wildman–Crippen LogP) is 3.59. The van der Waals surface area contributed by atoms with Crippen LogP contribution in [-0.2, 0) is 19.4 Å². The Bertz CT molecular complexity index is 666. The molecule has 3 rings (SSSR count). The Kier molecular flexibility index (Phi) is 4.10. The molecular formula is C16H17BrN2O2. The Morgan fingerprint density at radius 3 is 2.90 bits per heavy atom. The molecule has 0 radical (unpaired) electrons. The second kappa shape index (κ2) is 6.02. The number of nitrogens with zero attached hydrogens (tertiary/aromatic N) is 2. The molecule has 0 unspecified atom stereocenters. The third kappa shape index (κ3) is 2.88. The molecule has 110 valence electrons. The summed E-state index contributed by atoms with van der Waals surface area (Å²) in [7, 11) is 1.80. The van der Waals surface area contributed by atoms with E-state index in [0.717, 1.165) is 47.0 Å². The van der Waals surface area contributed by atoms with E-state index in [1.807, 2.05) is 24.3 Å². The maximum absolute atomic E-state index is 12.6. The molecule has 2 aromatic rings. The van der Waals surface area contributed by atoms with Gasteiger partial charge in [-0.2, -0.15) is 0 Å². The molecule has 1 amide bonds. The number of benzene rings is 1. The molecule has 0 atom stereocenters. The largest absolute Gasteiger partial charge is 0.360 e. The van der Waals surface area contributed by atoms with Crippen LogP contribution in [0.4, 0.5) is 0 Å². The van der Waals surface area contributed by atoms with Crippen LogP contribution >= 0.6 is 15.9 Å². The molecule has 21 heavy (non-hydrogen) atoms. The molecule has 0 fully saturated rings. The van der Waals surface area contributed by atoms with E-state index in [-0.39, 0.29) is 5.91 Å². The zero-order valence-corrected chi connectivity index (χ0v) is 13.5. The van der Waals surface area contributed by atoms with Gasteiger partial charge in [0.1, 0.15) is 5.76 Å². The Morgan fingerprint density at radius 1 is 1.33 bits per heavy atom. The number of aromatic nitrogens is 1. The van der Waals surface area contributed by atoms with Crippen LogP contribution in [0.15, 0.2) is 33.3 Å².